The molecule has 0 aromatic heterocycles. The second-order valence-electron chi connectivity index (χ2n) is 4.44. The molecule has 0 bridgehead atoms. The molecule has 5 nitrogen and oxygen atoms in total. The Morgan fingerprint density at radius 2 is 2.40 bits per heavy atom. The molecule has 1 amide bonds. The van der Waals surface area contributed by atoms with Gasteiger partial charge in [-0.25, -0.2) is 0 Å². The molecule has 0 aliphatic carbocycles. The van der Waals surface area contributed by atoms with E-state index >= 15 is 0 Å². The average Bonchev–Trinajstić information content (AvgIpc) is 2.42. The van der Waals surface area contributed by atoms with Crippen molar-refractivity contribution in [2.75, 3.05) is 26.2 Å². The van der Waals surface area contributed by atoms with Crippen LogP contribution in [-0.4, -0.2) is 49.0 Å². The van der Waals surface area contributed by atoms with E-state index < -0.39 is 5.60 Å². The topological polar surface area (TPSA) is 70.6 Å². The fraction of sp³-hybridized carbons (Fsp3) is 0.900. The highest BCUT2D eigenvalue weighted by molar-refractivity contribution is 5.80. The van der Waals surface area contributed by atoms with E-state index in [0.717, 1.165) is 13.1 Å². The van der Waals surface area contributed by atoms with Crippen LogP contribution in [0.2, 0.25) is 0 Å². The Labute approximate surface area is 89.2 Å². The first kappa shape index (κ1) is 10.9. The highest BCUT2D eigenvalue weighted by atomic mass is 16.5. The van der Waals surface area contributed by atoms with E-state index in [1.807, 2.05) is 6.92 Å². The van der Waals surface area contributed by atoms with Crippen LogP contribution in [0.1, 0.15) is 13.3 Å². The van der Waals surface area contributed by atoms with E-state index in [0.29, 0.717) is 19.6 Å². The van der Waals surface area contributed by atoms with Gasteiger partial charge in [0.1, 0.15) is 5.60 Å². The van der Waals surface area contributed by atoms with Crippen LogP contribution in [0.5, 0.6) is 0 Å². The van der Waals surface area contributed by atoms with Gasteiger partial charge in [0.25, 0.3) is 0 Å². The van der Waals surface area contributed by atoms with Crippen molar-refractivity contribution in [1.82, 2.24) is 10.6 Å². The van der Waals surface area contributed by atoms with Crippen molar-refractivity contribution < 1.29 is 14.6 Å². The van der Waals surface area contributed by atoms with E-state index in [2.05, 4.69) is 10.6 Å². The molecule has 2 unspecified atom stereocenters. The minimum Gasteiger partial charge on any atom is -0.385 e. The minimum atomic E-state index is -0.882. The van der Waals surface area contributed by atoms with Crippen LogP contribution in [0, 0.1) is 5.92 Å². The monoisotopic (exact) mass is 214 g/mol. The Morgan fingerprint density at radius 3 is 2.87 bits per heavy atom. The van der Waals surface area contributed by atoms with E-state index in [9.17, 15) is 9.90 Å². The summed E-state index contributed by atoms with van der Waals surface area (Å²) < 4.78 is 5.29. The number of rotatable bonds is 3. The molecule has 0 spiro atoms. The SMILES string of the molecule is CC1OCCC1(O)CNC(=O)C1CNC1. The number of carbonyl (C=O) groups is 1. The Morgan fingerprint density at radius 1 is 1.67 bits per heavy atom. The second kappa shape index (κ2) is 4.08. The zero-order valence-electron chi connectivity index (χ0n) is 8.95. The standard InChI is InChI=1S/C10H18N2O3/c1-7-10(14,2-3-15-7)6-12-9(13)8-4-11-5-8/h7-8,11,14H,2-6H2,1H3,(H,12,13). The average molecular weight is 214 g/mol. The van der Waals surface area contributed by atoms with Gasteiger partial charge in [-0.2, -0.15) is 0 Å². The van der Waals surface area contributed by atoms with Crippen molar-refractivity contribution in [3.63, 3.8) is 0 Å². The maximum Gasteiger partial charge on any atom is 0.225 e. The Balaban J connectivity index is 1.79. The molecule has 0 saturated carbocycles. The fourth-order valence-corrected chi connectivity index (χ4v) is 1.86. The zero-order valence-corrected chi connectivity index (χ0v) is 8.95. The minimum absolute atomic E-state index is 0.0290. The molecular weight excluding hydrogens is 196 g/mol. The van der Waals surface area contributed by atoms with Gasteiger partial charge in [-0.05, 0) is 6.92 Å². The van der Waals surface area contributed by atoms with Crippen molar-refractivity contribution in [3.8, 4) is 0 Å². The first-order chi connectivity index (χ1) is 7.12. The summed E-state index contributed by atoms with van der Waals surface area (Å²) in [7, 11) is 0. The molecule has 2 aliphatic heterocycles. The summed E-state index contributed by atoms with van der Waals surface area (Å²) >= 11 is 0. The smallest absolute Gasteiger partial charge is 0.225 e. The van der Waals surface area contributed by atoms with Gasteiger partial charge >= 0.3 is 0 Å². The lowest BCUT2D eigenvalue weighted by Gasteiger charge is -2.30. The lowest BCUT2D eigenvalue weighted by molar-refractivity contribution is -0.128. The van der Waals surface area contributed by atoms with E-state index in [4.69, 9.17) is 4.74 Å². The normalized spacial score (nSPS) is 36.3. The first-order valence-corrected chi connectivity index (χ1v) is 5.44. The van der Waals surface area contributed by atoms with Gasteiger partial charge in [0.2, 0.25) is 5.91 Å². The molecule has 15 heavy (non-hydrogen) atoms. The molecule has 2 rings (SSSR count). The molecule has 3 N–H and O–H groups in total. The van der Waals surface area contributed by atoms with E-state index in [-0.39, 0.29) is 17.9 Å². The Bertz CT molecular complexity index is 255. The molecule has 0 aromatic rings. The van der Waals surface area contributed by atoms with Crippen molar-refractivity contribution in [2.24, 2.45) is 5.92 Å². The van der Waals surface area contributed by atoms with Crippen LogP contribution in [0.25, 0.3) is 0 Å². The van der Waals surface area contributed by atoms with Crippen LogP contribution in [-0.2, 0) is 9.53 Å². The van der Waals surface area contributed by atoms with Crippen LogP contribution >= 0.6 is 0 Å². The third-order valence-electron chi connectivity index (χ3n) is 3.38. The third kappa shape index (κ3) is 2.14. The predicted octanol–water partition coefficient (Wildman–Crippen LogP) is -1.14. The number of carbonyl (C=O) groups excluding carboxylic acids is 1. The van der Waals surface area contributed by atoms with Crippen molar-refractivity contribution in [1.29, 1.82) is 0 Å². The molecule has 2 atom stereocenters. The molecular formula is C10H18N2O3. The summed E-state index contributed by atoms with van der Waals surface area (Å²) in [5, 5.41) is 16.0. The maximum absolute atomic E-state index is 11.5. The summed E-state index contributed by atoms with van der Waals surface area (Å²) in [5.74, 6) is 0.104. The number of aliphatic hydroxyl groups is 1. The molecule has 2 fully saturated rings. The molecule has 0 radical (unpaired) electrons. The number of amides is 1. The van der Waals surface area contributed by atoms with E-state index in [1.54, 1.807) is 0 Å². The van der Waals surface area contributed by atoms with Crippen molar-refractivity contribution >= 4 is 5.91 Å². The summed E-state index contributed by atoms with van der Waals surface area (Å²) in [5.41, 5.74) is -0.882. The number of ether oxygens (including phenoxy) is 1. The highest BCUT2D eigenvalue weighted by Gasteiger charge is 2.40. The quantitative estimate of drug-likeness (QED) is 0.555. The van der Waals surface area contributed by atoms with Gasteiger partial charge in [-0.3, -0.25) is 4.79 Å². The molecule has 2 heterocycles. The number of hydrogen-bond acceptors (Lipinski definition) is 4. The van der Waals surface area contributed by atoms with Gasteiger partial charge in [-0.1, -0.05) is 0 Å². The van der Waals surface area contributed by atoms with Gasteiger partial charge in [0, 0.05) is 32.7 Å². The zero-order chi connectivity index (χ0) is 10.9. The van der Waals surface area contributed by atoms with Crippen LogP contribution in [0.4, 0.5) is 0 Å². The predicted molar refractivity (Wildman–Crippen MR) is 54.4 cm³/mol. The Kier molecular flexibility index (Phi) is 2.95. The van der Waals surface area contributed by atoms with Crippen LogP contribution in [0.3, 0.4) is 0 Å². The van der Waals surface area contributed by atoms with Gasteiger partial charge in [0.15, 0.2) is 0 Å². The van der Waals surface area contributed by atoms with Crippen molar-refractivity contribution in [2.45, 2.75) is 25.0 Å². The number of hydrogen-bond donors (Lipinski definition) is 3. The van der Waals surface area contributed by atoms with Crippen LogP contribution in [0.15, 0.2) is 0 Å². The molecule has 0 aromatic carbocycles. The highest BCUT2D eigenvalue weighted by Crippen LogP contribution is 2.24. The lowest BCUT2D eigenvalue weighted by Crippen LogP contribution is -2.54. The van der Waals surface area contributed by atoms with Crippen molar-refractivity contribution in [3.05, 3.63) is 0 Å². The van der Waals surface area contributed by atoms with Gasteiger partial charge in [-0.15, -0.1) is 0 Å². The van der Waals surface area contributed by atoms with Gasteiger partial charge in [0.05, 0.1) is 12.0 Å². The third-order valence-corrected chi connectivity index (χ3v) is 3.38. The first-order valence-electron chi connectivity index (χ1n) is 5.44. The molecule has 86 valence electrons. The summed E-state index contributed by atoms with van der Waals surface area (Å²) in [6.07, 6.45) is 0.398. The maximum atomic E-state index is 11.5. The fourth-order valence-electron chi connectivity index (χ4n) is 1.86. The van der Waals surface area contributed by atoms with Crippen LogP contribution < -0.4 is 10.6 Å². The summed E-state index contributed by atoms with van der Waals surface area (Å²) in [4.78, 5) is 11.5. The summed E-state index contributed by atoms with van der Waals surface area (Å²) in [6.45, 7) is 4.19. The second-order valence-corrected chi connectivity index (χ2v) is 4.44. The Hall–Kier alpha value is -0.650. The van der Waals surface area contributed by atoms with Gasteiger partial charge < -0.3 is 20.5 Å². The summed E-state index contributed by atoms with van der Waals surface area (Å²) in [6, 6.07) is 0. The lowest BCUT2D eigenvalue weighted by atomic mass is 9.95. The molecule has 2 saturated heterocycles. The molecule has 2 aliphatic rings. The number of nitrogens with one attached hydrogen (secondary N) is 2. The largest absolute Gasteiger partial charge is 0.385 e. The molecule has 5 heteroatoms. The van der Waals surface area contributed by atoms with E-state index in [1.165, 1.54) is 0 Å².